The summed E-state index contributed by atoms with van der Waals surface area (Å²) in [5.41, 5.74) is 0. The van der Waals surface area contributed by atoms with Crippen LogP contribution in [0.15, 0.2) is 0 Å². The van der Waals surface area contributed by atoms with Crippen LogP contribution in [0.3, 0.4) is 0 Å². The topological polar surface area (TPSA) is 26.3 Å². The molecule has 0 aromatic rings. The fraction of sp³-hybridized carbons (Fsp3) is 0.750. The van der Waals surface area contributed by atoms with Crippen LogP contribution in [0, 0.1) is 0 Å². The van der Waals surface area contributed by atoms with Gasteiger partial charge in [-0.1, -0.05) is 0 Å². The Bertz CT molecular complexity index is 114. The van der Waals surface area contributed by atoms with Gasteiger partial charge in [-0.25, -0.2) is 0 Å². The van der Waals surface area contributed by atoms with E-state index in [4.69, 9.17) is 31.5 Å². The molecule has 0 saturated carbocycles. The first-order valence-corrected chi connectivity index (χ1v) is 15.4. The van der Waals surface area contributed by atoms with Gasteiger partial charge in [-0.05, 0) is 0 Å². The van der Waals surface area contributed by atoms with Crippen molar-refractivity contribution in [2.75, 3.05) is 7.11 Å². The second-order valence-corrected chi connectivity index (χ2v) is 23.3. The summed E-state index contributed by atoms with van der Waals surface area (Å²) in [5, 5.41) is 0. The molecule has 2 nitrogen and oxygen atoms in total. The van der Waals surface area contributed by atoms with Crippen molar-refractivity contribution in [3.05, 3.63) is 0 Å². The van der Waals surface area contributed by atoms with E-state index >= 15 is 0 Å². The molecule has 0 aliphatic carbocycles. The number of methoxy groups -OCH3 is 1. The van der Waals surface area contributed by atoms with Crippen molar-refractivity contribution >= 4 is 48.0 Å². The van der Waals surface area contributed by atoms with E-state index in [1.54, 1.807) is 0 Å². The molecular weight excluding hydrogens is 305 g/mol. The molecule has 0 saturated heterocycles. The molecule has 10 heavy (non-hydrogen) atoms. The molecule has 0 radical (unpaired) electrons. The van der Waals surface area contributed by atoms with Gasteiger partial charge in [0.1, 0.15) is 0 Å². The average molecular weight is 312 g/mol. The van der Waals surface area contributed by atoms with Gasteiger partial charge in [0, 0.05) is 0 Å². The quantitative estimate of drug-likeness (QED) is 0.585. The molecule has 0 aromatic heterocycles. The first-order chi connectivity index (χ1) is 4.49. The van der Waals surface area contributed by atoms with Crippen LogP contribution < -0.4 is 0 Å². The van der Waals surface area contributed by atoms with E-state index in [0.717, 1.165) is 0 Å². The van der Waals surface area contributed by atoms with E-state index in [1.807, 2.05) is 0 Å². The van der Waals surface area contributed by atoms with Gasteiger partial charge in [0.15, 0.2) is 0 Å². The van der Waals surface area contributed by atoms with Crippen LogP contribution in [-0.4, -0.2) is 34.5 Å². The van der Waals surface area contributed by atoms with Crippen LogP contribution >= 0.6 is 26.8 Å². The Labute approximate surface area is 74.8 Å². The van der Waals surface area contributed by atoms with Gasteiger partial charge in [0.05, 0.1) is 0 Å². The maximum atomic E-state index is 10.1. The molecule has 0 N–H and O–H groups in total. The fourth-order valence-corrected chi connectivity index (χ4v) is 5.53. The van der Waals surface area contributed by atoms with Crippen molar-refractivity contribution in [2.24, 2.45) is 0 Å². The Morgan fingerprint density at radius 3 is 2.20 bits per heavy atom. The number of hydrogen-bond acceptors (Lipinski definition) is 2. The predicted molar refractivity (Wildman–Crippen MR) is 45.0 cm³/mol. The van der Waals surface area contributed by atoms with Gasteiger partial charge >= 0.3 is 75.2 Å². The van der Waals surface area contributed by atoms with Crippen LogP contribution in [0.4, 0.5) is 0 Å². The number of rotatable bonds is 4. The number of ether oxygens (including phenoxy) is 1. The van der Waals surface area contributed by atoms with Crippen molar-refractivity contribution in [3.8, 4) is 0 Å². The van der Waals surface area contributed by atoms with Crippen molar-refractivity contribution in [1.82, 2.24) is 0 Å². The molecule has 0 spiro atoms. The molecule has 0 heterocycles. The van der Waals surface area contributed by atoms with E-state index < -0.39 is 21.1 Å². The van der Waals surface area contributed by atoms with Gasteiger partial charge < -0.3 is 0 Å². The first kappa shape index (κ1) is 11.3. The molecule has 0 bridgehead atoms. The summed E-state index contributed by atoms with van der Waals surface area (Å²) in [6, 6.07) is 0. The summed E-state index contributed by atoms with van der Waals surface area (Å²) in [5.74, 6) is 0. The first-order valence-electron chi connectivity index (χ1n) is 2.54. The van der Waals surface area contributed by atoms with Crippen LogP contribution in [0.2, 0.25) is 4.44 Å². The zero-order chi connectivity index (χ0) is 8.20. The summed E-state index contributed by atoms with van der Waals surface area (Å²) < 4.78 is 5.00. The van der Waals surface area contributed by atoms with Gasteiger partial charge in [-0.15, -0.1) is 0 Å². The van der Waals surface area contributed by atoms with E-state index in [0.29, 0.717) is 10.7 Å². The third kappa shape index (κ3) is 6.04. The third-order valence-corrected chi connectivity index (χ3v) is 6.46. The molecule has 60 valence electrons. The van der Waals surface area contributed by atoms with Gasteiger partial charge in [0.2, 0.25) is 0 Å². The molecule has 1 unspecified atom stereocenters. The summed E-state index contributed by atoms with van der Waals surface area (Å²) in [4.78, 5) is 10.1. The van der Waals surface area contributed by atoms with Crippen LogP contribution in [-0.2, 0) is 9.53 Å². The molecule has 0 aliphatic rings. The van der Waals surface area contributed by atoms with Crippen LogP contribution in [0.5, 0.6) is 0 Å². The maximum absolute atomic E-state index is 10.1. The molecule has 0 aromatic carbocycles. The summed E-state index contributed by atoms with van der Waals surface area (Å²) in [6.07, 6.45) is 0.113. The molecule has 0 aliphatic heterocycles. The Hall–Kier alpha value is 1.30. The molecule has 1 atom stereocenters. The predicted octanol–water partition coefficient (Wildman–Crippen LogP) is 1.86. The van der Waals surface area contributed by atoms with Gasteiger partial charge in [-0.2, -0.15) is 0 Å². The Balaban J connectivity index is 3.74. The zero-order valence-corrected chi connectivity index (χ0v) is 10.4. The molecule has 6 heteroatoms. The Morgan fingerprint density at radius 2 is 2.10 bits per heavy atom. The van der Waals surface area contributed by atoms with E-state index in [-0.39, 0.29) is 0 Å². The Kier molecular flexibility index (Phi) is 5.69. The fourth-order valence-electron chi connectivity index (χ4n) is 0.415. The molecule has 0 fully saturated rings. The normalized spacial score (nSPS) is 14.8. The van der Waals surface area contributed by atoms with Crippen molar-refractivity contribution in [1.29, 1.82) is 0 Å². The standard InChI is InChI=1S/C4H7O2.3ClH.Sn/c1-4(3-5)6-2;;;;/h3-4H,1H2,2H3;3*1H;/q;;;;+3/p-3. The molecular formula is C4H7Cl3O2Sn. The Morgan fingerprint density at radius 1 is 1.60 bits per heavy atom. The summed E-state index contributed by atoms with van der Waals surface area (Å²) in [6.45, 7) is 0. The number of halogens is 3. The molecule has 0 rings (SSSR count). The number of carbonyl (C=O) groups is 1. The van der Waals surface area contributed by atoms with E-state index in [2.05, 4.69) is 0 Å². The average Bonchev–Trinajstić information content (AvgIpc) is 1.81. The second-order valence-electron chi connectivity index (χ2n) is 1.73. The second kappa shape index (κ2) is 5.04. The van der Waals surface area contributed by atoms with Crippen LogP contribution in [0.25, 0.3) is 0 Å². The third-order valence-electron chi connectivity index (χ3n) is 0.887. The van der Waals surface area contributed by atoms with E-state index in [9.17, 15) is 4.79 Å². The van der Waals surface area contributed by atoms with E-state index in [1.165, 1.54) is 7.11 Å². The summed E-state index contributed by atoms with van der Waals surface area (Å²) in [7, 11) is 18.2. The SMILES string of the molecule is COC(C=O)[CH2][Sn]([Cl])([Cl])[Cl]. The van der Waals surface area contributed by atoms with Crippen molar-refractivity contribution < 1.29 is 9.53 Å². The number of carbonyl (C=O) groups excluding carboxylic acids is 1. The van der Waals surface area contributed by atoms with Gasteiger partial charge in [-0.3, -0.25) is 0 Å². The minimum atomic E-state index is -3.36. The number of hydrogen-bond donors (Lipinski definition) is 0. The van der Waals surface area contributed by atoms with Crippen molar-refractivity contribution in [2.45, 2.75) is 10.5 Å². The molecule has 0 amide bonds. The monoisotopic (exact) mass is 312 g/mol. The number of aldehydes is 1. The van der Waals surface area contributed by atoms with Crippen molar-refractivity contribution in [3.63, 3.8) is 0 Å². The summed E-state index contributed by atoms with van der Waals surface area (Å²) >= 11 is -3.36. The van der Waals surface area contributed by atoms with Crippen LogP contribution in [0.1, 0.15) is 0 Å². The van der Waals surface area contributed by atoms with Gasteiger partial charge in [0.25, 0.3) is 0 Å². The minimum absolute atomic E-state index is 0.291. The zero-order valence-electron chi connectivity index (χ0n) is 5.31.